The average Bonchev–Trinajstić information content (AvgIpc) is 3.04. The van der Waals surface area contributed by atoms with Gasteiger partial charge in [-0.1, -0.05) is 13.8 Å². The van der Waals surface area contributed by atoms with E-state index in [0.717, 1.165) is 25.1 Å². The first kappa shape index (κ1) is 13.1. The van der Waals surface area contributed by atoms with Crippen LogP contribution in [0.2, 0.25) is 0 Å². The molecule has 18 heavy (non-hydrogen) atoms. The Balaban J connectivity index is 2.00. The lowest BCUT2D eigenvalue weighted by atomic mass is 10.0. The van der Waals surface area contributed by atoms with Crippen LogP contribution in [0.1, 0.15) is 62.4 Å². The third-order valence-electron chi connectivity index (χ3n) is 3.45. The summed E-state index contributed by atoms with van der Waals surface area (Å²) in [6.07, 6.45) is 3.30. The van der Waals surface area contributed by atoms with E-state index in [9.17, 15) is 4.79 Å². The number of aromatic nitrogens is 3. The summed E-state index contributed by atoms with van der Waals surface area (Å²) in [7, 11) is 1.82. The standard InChI is InChI=1S/C13H22N4O/c1-8(2)7-9(3)17(4)13(18)12-14-11(15-16-12)10-5-6-10/h8-10H,5-7H2,1-4H3,(H,14,15,16). The van der Waals surface area contributed by atoms with Crippen LogP contribution in [0.3, 0.4) is 0 Å². The molecule has 2 rings (SSSR count). The zero-order valence-corrected chi connectivity index (χ0v) is 11.6. The molecular weight excluding hydrogens is 228 g/mol. The van der Waals surface area contributed by atoms with Crippen LogP contribution >= 0.6 is 0 Å². The molecule has 0 aliphatic heterocycles. The first-order chi connectivity index (χ1) is 8.49. The molecule has 1 unspecified atom stereocenters. The number of amides is 1. The Hall–Kier alpha value is -1.39. The monoisotopic (exact) mass is 250 g/mol. The van der Waals surface area contributed by atoms with E-state index in [1.54, 1.807) is 4.90 Å². The van der Waals surface area contributed by atoms with Gasteiger partial charge in [0.1, 0.15) is 5.82 Å². The fraction of sp³-hybridized carbons (Fsp3) is 0.769. The van der Waals surface area contributed by atoms with Crippen molar-refractivity contribution >= 4 is 5.91 Å². The van der Waals surface area contributed by atoms with Gasteiger partial charge in [0.05, 0.1) is 0 Å². The summed E-state index contributed by atoms with van der Waals surface area (Å²) >= 11 is 0. The molecule has 1 fully saturated rings. The van der Waals surface area contributed by atoms with Crippen molar-refractivity contribution in [2.45, 2.75) is 52.0 Å². The molecule has 100 valence electrons. The predicted molar refractivity (Wildman–Crippen MR) is 69.4 cm³/mol. The molecule has 1 atom stereocenters. The van der Waals surface area contributed by atoms with E-state index in [1.807, 2.05) is 7.05 Å². The van der Waals surface area contributed by atoms with Crippen molar-refractivity contribution in [3.8, 4) is 0 Å². The number of hydrogen-bond acceptors (Lipinski definition) is 3. The number of carbonyl (C=O) groups is 1. The summed E-state index contributed by atoms with van der Waals surface area (Å²) < 4.78 is 0. The predicted octanol–water partition coefficient (Wildman–Crippen LogP) is 2.19. The Labute approximate surface area is 108 Å². The van der Waals surface area contributed by atoms with Crippen LogP contribution in [0.4, 0.5) is 0 Å². The quantitative estimate of drug-likeness (QED) is 0.871. The summed E-state index contributed by atoms with van der Waals surface area (Å²) in [6, 6.07) is 0.209. The zero-order chi connectivity index (χ0) is 13.3. The molecule has 1 aliphatic carbocycles. The van der Waals surface area contributed by atoms with Gasteiger partial charge in [0.25, 0.3) is 5.91 Å². The summed E-state index contributed by atoms with van der Waals surface area (Å²) in [5, 5.41) is 6.91. The number of aromatic amines is 1. The number of H-pyrrole nitrogens is 1. The Bertz CT molecular complexity index is 422. The van der Waals surface area contributed by atoms with Crippen LogP contribution in [0.5, 0.6) is 0 Å². The number of carbonyl (C=O) groups excluding carboxylic acids is 1. The van der Waals surface area contributed by atoms with Crippen LogP contribution in [-0.2, 0) is 0 Å². The van der Waals surface area contributed by atoms with E-state index in [1.165, 1.54) is 0 Å². The second-order valence-electron chi connectivity index (χ2n) is 5.71. The van der Waals surface area contributed by atoms with Crippen molar-refractivity contribution in [1.82, 2.24) is 20.1 Å². The number of nitrogens with zero attached hydrogens (tertiary/aromatic N) is 3. The number of nitrogens with one attached hydrogen (secondary N) is 1. The van der Waals surface area contributed by atoms with E-state index < -0.39 is 0 Å². The largest absolute Gasteiger partial charge is 0.336 e. The van der Waals surface area contributed by atoms with E-state index in [0.29, 0.717) is 17.7 Å². The van der Waals surface area contributed by atoms with E-state index in [-0.39, 0.29) is 11.9 Å². The minimum absolute atomic E-state index is 0.0914. The maximum Gasteiger partial charge on any atom is 0.293 e. The Morgan fingerprint density at radius 3 is 2.67 bits per heavy atom. The van der Waals surface area contributed by atoms with Crippen LogP contribution in [0, 0.1) is 5.92 Å². The van der Waals surface area contributed by atoms with Gasteiger partial charge in [-0.15, -0.1) is 5.10 Å². The van der Waals surface area contributed by atoms with Crippen molar-refractivity contribution in [2.75, 3.05) is 7.05 Å². The highest BCUT2D eigenvalue weighted by atomic mass is 16.2. The van der Waals surface area contributed by atoms with Crippen molar-refractivity contribution in [2.24, 2.45) is 5.92 Å². The third kappa shape index (κ3) is 2.89. The van der Waals surface area contributed by atoms with Crippen molar-refractivity contribution in [3.63, 3.8) is 0 Å². The lowest BCUT2D eigenvalue weighted by molar-refractivity contribution is 0.0716. The van der Waals surface area contributed by atoms with E-state index in [2.05, 4.69) is 36.0 Å². The van der Waals surface area contributed by atoms with Gasteiger partial charge in [0.15, 0.2) is 0 Å². The van der Waals surface area contributed by atoms with E-state index in [4.69, 9.17) is 0 Å². The minimum Gasteiger partial charge on any atom is -0.336 e. The molecule has 1 aliphatic rings. The number of hydrogen-bond donors (Lipinski definition) is 1. The molecule has 1 heterocycles. The molecule has 5 nitrogen and oxygen atoms in total. The summed E-state index contributed by atoms with van der Waals surface area (Å²) in [6.45, 7) is 6.38. The molecule has 0 radical (unpaired) electrons. The van der Waals surface area contributed by atoms with Gasteiger partial charge < -0.3 is 4.90 Å². The van der Waals surface area contributed by atoms with Gasteiger partial charge in [-0.2, -0.15) is 0 Å². The summed E-state index contributed by atoms with van der Waals surface area (Å²) in [5.74, 6) is 2.14. The minimum atomic E-state index is -0.0914. The molecule has 1 saturated carbocycles. The van der Waals surface area contributed by atoms with Crippen LogP contribution in [-0.4, -0.2) is 39.1 Å². The van der Waals surface area contributed by atoms with Crippen molar-refractivity contribution < 1.29 is 4.79 Å². The second kappa shape index (κ2) is 5.08. The highest BCUT2D eigenvalue weighted by Crippen LogP contribution is 2.37. The lowest BCUT2D eigenvalue weighted by Crippen LogP contribution is -2.36. The Morgan fingerprint density at radius 2 is 2.11 bits per heavy atom. The smallest absolute Gasteiger partial charge is 0.293 e. The second-order valence-corrected chi connectivity index (χ2v) is 5.71. The van der Waals surface area contributed by atoms with Gasteiger partial charge >= 0.3 is 0 Å². The molecule has 1 aromatic rings. The molecule has 1 amide bonds. The summed E-state index contributed by atoms with van der Waals surface area (Å²) in [4.78, 5) is 18.2. The summed E-state index contributed by atoms with van der Waals surface area (Å²) in [5.41, 5.74) is 0. The normalized spacial score (nSPS) is 16.9. The first-order valence-corrected chi connectivity index (χ1v) is 6.68. The van der Waals surface area contributed by atoms with Gasteiger partial charge in [-0.05, 0) is 32.1 Å². The molecule has 0 spiro atoms. The van der Waals surface area contributed by atoms with Gasteiger partial charge in [-0.3, -0.25) is 9.89 Å². The highest BCUT2D eigenvalue weighted by molar-refractivity contribution is 5.90. The van der Waals surface area contributed by atoms with Gasteiger partial charge in [0.2, 0.25) is 5.82 Å². The topological polar surface area (TPSA) is 61.9 Å². The molecule has 0 bridgehead atoms. The van der Waals surface area contributed by atoms with Crippen molar-refractivity contribution in [1.29, 1.82) is 0 Å². The van der Waals surface area contributed by atoms with E-state index >= 15 is 0 Å². The molecule has 1 aromatic heterocycles. The molecular formula is C13H22N4O. The molecule has 0 saturated heterocycles. The maximum atomic E-state index is 12.2. The molecule has 0 aromatic carbocycles. The third-order valence-corrected chi connectivity index (χ3v) is 3.45. The van der Waals surface area contributed by atoms with Crippen molar-refractivity contribution in [3.05, 3.63) is 11.6 Å². The SMILES string of the molecule is CC(C)CC(C)N(C)C(=O)c1n[nH]c(C2CC2)n1. The van der Waals surface area contributed by atoms with Crippen LogP contribution in [0.15, 0.2) is 0 Å². The number of rotatable bonds is 5. The lowest BCUT2D eigenvalue weighted by Gasteiger charge is -2.25. The molecule has 1 N–H and O–H groups in total. The Kier molecular flexibility index (Phi) is 3.68. The molecule has 5 heteroatoms. The van der Waals surface area contributed by atoms with Crippen LogP contribution in [0.25, 0.3) is 0 Å². The fourth-order valence-corrected chi connectivity index (χ4v) is 2.11. The Morgan fingerprint density at radius 1 is 1.44 bits per heavy atom. The zero-order valence-electron chi connectivity index (χ0n) is 11.6. The van der Waals surface area contributed by atoms with Gasteiger partial charge in [0, 0.05) is 19.0 Å². The van der Waals surface area contributed by atoms with Gasteiger partial charge in [-0.25, -0.2) is 4.98 Å². The average molecular weight is 250 g/mol. The van der Waals surface area contributed by atoms with Crippen LogP contribution < -0.4 is 0 Å². The fourth-order valence-electron chi connectivity index (χ4n) is 2.11. The highest BCUT2D eigenvalue weighted by Gasteiger charge is 2.29. The maximum absolute atomic E-state index is 12.2. The first-order valence-electron chi connectivity index (χ1n) is 6.68.